The van der Waals surface area contributed by atoms with Crippen molar-refractivity contribution < 1.29 is 9.59 Å². The molecule has 3 aromatic carbocycles. The number of carbonyl (C=O) groups is 2. The molecule has 5 rings (SSSR count). The number of anilines is 1. The predicted octanol–water partition coefficient (Wildman–Crippen LogP) is 5.89. The molecule has 1 atom stereocenters. The first kappa shape index (κ1) is 25.3. The average Bonchev–Trinajstić information content (AvgIpc) is 3.38. The van der Waals surface area contributed by atoms with Crippen molar-refractivity contribution in [1.29, 1.82) is 0 Å². The molecule has 1 saturated heterocycles. The highest BCUT2D eigenvalue weighted by Crippen LogP contribution is 2.43. The molecule has 0 aliphatic carbocycles. The fraction of sp³-hybridized carbons (Fsp3) is 0.290. The fourth-order valence-electron chi connectivity index (χ4n) is 5.16. The Balaban J connectivity index is 1.44. The Labute approximate surface area is 223 Å². The van der Waals surface area contributed by atoms with Crippen LogP contribution >= 0.6 is 11.8 Å². The summed E-state index contributed by atoms with van der Waals surface area (Å²) >= 11 is 1.47. The van der Waals surface area contributed by atoms with Crippen LogP contribution in [0.5, 0.6) is 0 Å². The third kappa shape index (κ3) is 5.81. The first-order valence-corrected chi connectivity index (χ1v) is 13.8. The molecule has 5 nitrogen and oxygen atoms in total. The van der Waals surface area contributed by atoms with Crippen molar-refractivity contribution in [2.45, 2.75) is 44.2 Å². The molecule has 0 radical (unpaired) electrons. The number of aryl methyl sites for hydroxylation is 1. The van der Waals surface area contributed by atoms with E-state index in [4.69, 9.17) is 0 Å². The maximum absolute atomic E-state index is 13.8. The second-order valence-corrected chi connectivity index (χ2v) is 10.8. The second-order valence-electron chi connectivity index (χ2n) is 9.72. The van der Waals surface area contributed by atoms with Crippen LogP contribution in [0, 0.1) is 6.92 Å². The molecule has 1 N–H and O–H groups in total. The highest BCUT2D eigenvalue weighted by Gasteiger charge is 2.30. The largest absolute Gasteiger partial charge is 0.350 e. The Kier molecular flexibility index (Phi) is 7.77. The number of nitrogens with zero attached hydrogens (tertiary/aromatic N) is 2. The van der Waals surface area contributed by atoms with Crippen LogP contribution in [0.1, 0.15) is 46.8 Å². The van der Waals surface area contributed by atoms with Gasteiger partial charge in [0.1, 0.15) is 0 Å². The van der Waals surface area contributed by atoms with Gasteiger partial charge in [0.05, 0.1) is 17.1 Å². The summed E-state index contributed by atoms with van der Waals surface area (Å²) in [7, 11) is 0. The Morgan fingerprint density at radius 1 is 1.08 bits per heavy atom. The summed E-state index contributed by atoms with van der Waals surface area (Å²) in [4.78, 5) is 32.8. The summed E-state index contributed by atoms with van der Waals surface area (Å²) in [5, 5.41) is 3.13. The van der Waals surface area contributed by atoms with E-state index < -0.39 is 0 Å². The van der Waals surface area contributed by atoms with Crippen LogP contribution in [-0.2, 0) is 11.3 Å². The van der Waals surface area contributed by atoms with Gasteiger partial charge in [-0.05, 0) is 68.3 Å². The van der Waals surface area contributed by atoms with Gasteiger partial charge in [-0.25, -0.2) is 0 Å². The van der Waals surface area contributed by atoms with Crippen molar-refractivity contribution >= 4 is 35.3 Å². The number of nitrogens with one attached hydrogen (secondary N) is 1. The molecule has 3 aromatic rings. The fourth-order valence-corrected chi connectivity index (χ4v) is 6.20. The van der Waals surface area contributed by atoms with Crippen LogP contribution in [-0.4, -0.2) is 42.4 Å². The number of likely N-dealkylation sites (N-methyl/N-ethyl adjacent to an activating group) is 1. The molecule has 2 amide bonds. The van der Waals surface area contributed by atoms with E-state index in [-0.39, 0.29) is 11.8 Å². The molecular weight excluding hydrogens is 478 g/mol. The highest BCUT2D eigenvalue weighted by molar-refractivity contribution is 8.04. The summed E-state index contributed by atoms with van der Waals surface area (Å²) < 4.78 is 0. The third-order valence-corrected chi connectivity index (χ3v) is 8.19. The molecule has 0 bridgehead atoms. The summed E-state index contributed by atoms with van der Waals surface area (Å²) in [6, 6.07) is 24.2. The topological polar surface area (TPSA) is 52.7 Å². The van der Waals surface area contributed by atoms with E-state index in [0.29, 0.717) is 29.6 Å². The first-order chi connectivity index (χ1) is 18.0. The summed E-state index contributed by atoms with van der Waals surface area (Å²) in [6.07, 6.45) is 4.24. The minimum absolute atomic E-state index is 0.0510. The van der Waals surface area contributed by atoms with Crippen LogP contribution in [0.25, 0.3) is 6.08 Å². The zero-order valence-electron chi connectivity index (χ0n) is 21.4. The van der Waals surface area contributed by atoms with Crippen molar-refractivity contribution in [3.63, 3.8) is 0 Å². The average molecular weight is 512 g/mol. The van der Waals surface area contributed by atoms with Gasteiger partial charge < -0.3 is 10.2 Å². The van der Waals surface area contributed by atoms with E-state index in [1.807, 2.05) is 71.6 Å². The lowest BCUT2D eigenvalue weighted by atomic mass is 10.1. The van der Waals surface area contributed by atoms with E-state index in [1.165, 1.54) is 18.2 Å². The molecule has 1 unspecified atom stereocenters. The Bertz CT molecular complexity index is 1320. The third-order valence-electron chi connectivity index (χ3n) is 7.11. The van der Waals surface area contributed by atoms with Gasteiger partial charge in [0, 0.05) is 23.0 Å². The van der Waals surface area contributed by atoms with Gasteiger partial charge in [-0.15, -0.1) is 0 Å². The van der Waals surface area contributed by atoms with Crippen molar-refractivity contribution in [1.82, 2.24) is 10.2 Å². The number of fused-ring (bicyclic) bond motifs is 1. The van der Waals surface area contributed by atoms with Crippen molar-refractivity contribution in [3.8, 4) is 0 Å². The van der Waals surface area contributed by atoms with E-state index in [2.05, 4.69) is 36.2 Å². The number of amides is 2. The standard InChI is InChI=1S/C31H33N3O2S/c1-3-33-16-8-13-26(33)20-32-30(35)25-14-15-28-27(19-25)34(21-24-12-7-9-22(2)17-24)31(36)29(37-28)18-23-10-5-4-6-11-23/h4-7,9-12,14-15,17-19,26H,3,8,13,16,20-21H2,1-2H3,(H,32,35)/b29-18-. The van der Waals surface area contributed by atoms with Gasteiger partial charge in [-0.1, -0.05) is 78.8 Å². The van der Waals surface area contributed by atoms with Gasteiger partial charge in [0.15, 0.2) is 0 Å². The lowest BCUT2D eigenvalue weighted by Gasteiger charge is -2.31. The van der Waals surface area contributed by atoms with E-state index in [0.717, 1.165) is 46.8 Å². The lowest BCUT2D eigenvalue weighted by Crippen LogP contribution is -2.40. The van der Waals surface area contributed by atoms with Gasteiger partial charge >= 0.3 is 0 Å². The normalized spacial score (nSPS) is 18.8. The molecule has 1 fully saturated rings. The van der Waals surface area contributed by atoms with Crippen LogP contribution in [0.3, 0.4) is 0 Å². The SMILES string of the molecule is CCN1CCCC1CNC(=O)c1ccc2c(c1)N(Cc1cccc(C)c1)C(=O)/C(=C/c1ccccc1)S2. The molecule has 6 heteroatoms. The molecule has 0 spiro atoms. The summed E-state index contributed by atoms with van der Waals surface area (Å²) in [5.74, 6) is -0.144. The van der Waals surface area contributed by atoms with Crippen LogP contribution in [0.15, 0.2) is 82.6 Å². The van der Waals surface area contributed by atoms with Gasteiger partial charge in [-0.3, -0.25) is 14.5 Å². The predicted molar refractivity (Wildman–Crippen MR) is 152 cm³/mol. The molecule has 2 aliphatic rings. The zero-order chi connectivity index (χ0) is 25.8. The Morgan fingerprint density at radius 2 is 1.92 bits per heavy atom. The number of hydrogen-bond donors (Lipinski definition) is 1. The second kappa shape index (κ2) is 11.4. The molecular formula is C31H33N3O2S. The molecule has 0 saturated carbocycles. The number of rotatable bonds is 7. The molecule has 0 aromatic heterocycles. The monoisotopic (exact) mass is 511 g/mol. The maximum atomic E-state index is 13.8. The number of likely N-dealkylation sites (tertiary alicyclic amines) is 1. The van der Waals surface area contributed by atoms with Crippen LogP contribution in [0.2, 0.25) is 0 Å². The quantitative estimate of drug-likeness (QED) is 0.402. The van der Waals surface area contributed by atoms with Crippen molar-refractivity contribution in [2.75, 3.05) is 24.5 Å². The molecule has 2 heterocycles. The smallest absolute Gasteiger partial charge is 0.265 e. The van der Waals surface area contributed by atoms with Crippen LogP contribution < -0.4 is 10.2 Å². The molecule has 190 valence electrons. The Morgan fingerprint density at radius 3 is 2.70 bits per heavy atom. The minimum atomic E-state index is -0.0932. The Hall–Kier alpha value is -3.35. The van der Waals surface area contributed by atoms with Gasteiger partial charge in [-0.2, -0.15) is 0 Å². The minimum Gasteiger partial charge on any atom is -0.350 e. The van der Waals surface area contributed by atoms with E-state index in [9.17, 15) is 9.59 Å². The summed E-state index contributed by atoms with van der Waals surface area (Å²) in [5.41, 5.74) is 4.56. The van der Waals surface area contributed by atoms with Crippen molar-refractivity contribution in [3.05, 3.63) is 100.0 Å². The number of benzene rings is 3. The van der Waals surface area contributed by atoms with Crippen molar-refractivity contribution in [2.24, 2.45) is 0 Å². The van der Waals surface area contributed by atoms with Gasteiger partial charge in [0.25, 0.3) is 11.8 Å². The maximum Gasteiger partial charge on any atom is 0.265 e. The number of thioether (sulfide) groups is 1. The lowest BCUT2D eigenvalue weighted by molar-refractivity contribution is -0.114. The van der Waals surface area contributed by atoms with E-state index >= 15 is 0 Å². The summed E-state index contributed by atoms with van der Waals surface area (Å²) in [6.45, 7) is 7.42. The zero-order valence-corrected chi connectivity index (χ0v) is 22.3. The molecule has 2 aliphatic heterocycles. The van der Waals surface area contributed by atoms with Crippen LogP contribution in [0.4, 0.5) is 5.69 Å². The molecule has 37 heavy (non-hydrogen) atoms. The van der Waals surface area contributed by atoms with Gasteiger partial charge in [0.2, 0.25) is 0 Å². The highest BCUT2D eigenvalue weighted by atomic mass is 32.2. The van der Waals surface area contributed by atoms with E-state index in [1.54, 1.807) is 0 Å². The first-order valence-electron chi connectivity index (χ1n) is 13.0. The number of carbonyl (C=O) groups excluding carboxylic acids is 2. The number of hydrogen-bond acceptors (Lipinski definition) is 4.